The zero-order valence-electron chi connectivity index (χ0n) is 17.4. The average Bonchev–Trinajstić information content (AvgIpc) is 3.45. The van der Waals surface area contributed by atoms with Gasteiger partial charge in [-0.05, 0) is 48.6 Å². The Morgan fingerprint density at radius 1 is 1.30 bits per heavy atom. The van der Waals surface area contributed by atoms with Crippen molar-refractivity contribution >= 4 is 11.6 Å². The second-order valence-electron chi connectivity index (χ2n) is 7.97. The molecule has 1 saturated carbocycles. The molecule has 0 heterocycles. The molecule has 0 aliphatic heterocycles. The fourth-order valence-corrected chi connectivity index (χ4v) is 4.29. The number of aryl methyl sites for hydroxylation is 1. The number of carbonyl (C=O) groups excluding carboxylic acids is 1. The molecule has 4 rings (SSSR count). The molecule has 0 radical (unpaired) electrons. The first-order valence-corrected chi connectivity index (χ1v) is 10.1. The van der Waals surface area contributed by atoms with Crippen LogP contribution in [0.1, 0.15) is 53.1 Å². The summed E-state index contributed by atoms with van der Waals surface area (Å²) in [4.78, 5) is 23.1. The van der Waals surface area contributed by atoms with E-state index in [0.29, 0.717) is 0 Å². The number of nitrogens with one attached hydrogen (secondary N) is 2. The smallest absolute Gasteiger partial charge is 0.243 e. The minimum atomic E-state index is -0.679. The minimum Gasteiger partial charge on any atom is -0.391 e. The van der Waals surface area contributed by atoms with Crippen LogP contribution in [0.4, 0.5) is 4.39 Å². The Hall–Kier alpha value is -2.77. The maximum absolute atomic E-state index is 13.8. The monoisotopic (exact) mass is 411 g/mol. The van der Waals surface area contributed by atoms with E-state index in [0.717, 1.165) is 47.2 Å². The molecule has 2 aliphatic carbocycles. The van der Waals surface area contributed by atoms with Crippen LogP contribution in [0.15, 0.2) is 41.6 Å². The van der Waals surface area contributed by atoms with Crippen molar-refractivity contribution in [2.24, 2.45) is 5.16 Å². The molecule has 2 aliphatic rings. The van der Waals surface area contributed by atoms with Crippen molar-refractivity contribution in [2.45, 2.75) is 44.2 Å². The van der Waals surface area contributed by atoms with Gasteiger partial charge in [-0.1, -0.05) is 29.4 Å². The highest BCUT2D eigenvalue weighted by molar-refractivity contribution is 6.06. The van der Waals surface area contributed by atoms with Crippen LogP contribution in [0.2, 0.25) is 0 Å². The summed E-state index contributed by atoms with van der Waals surface area (Å²) in [5.74, 6) is -0.481. The molecule has 2 N–H and O–H groups in total. The van der Waals surface area contributed by atoms with E-state index >= 15 is 0 Å². The van der Waals surface area contributed by atoms with Gasteiger partial charge in [-0.3, -0.25) is 4.79 Å². The van der Waals surface area contributed by atoms with Gasteiger partial charge in [0.2, 0.25) is 5.91 Å². The Morgan fingerprint density at radius 2 is 2.10 bits per heavy atom. The molecule has 0 aromatic heterocycles. The number of carbonyl (C=O) groups is 1. The van der Waals surface area contributed by atoms with Crippen molar-refractivity contribution in [1.82, 2.24) is 10.8 Å². The van der Waals surface area contributed by atoms with Crippen molar-refractivity contribution in [3.8, 4) is 0 Å². The van der Waals surface area contributed by atoms with Gasteiger partial charge in [0.15, 0.2) is 0 Å². The zero-order chi connectivity index (χ0) is 21.3. The largest absolute Gasteiger partial charge is 0.391 e. The Bertz CT molecular complexity index is 1000. The van der Waals surface area contributed by atoms with E-state index in [1.165, 1.54) is 18.7 Å². The van der Waals surface area contributed by atoms with Gasteiger partial charge in [0.05, 0.1) is 12.8 Å². The summed E-state index contributed by atoms with van der Waals surface area (Å²) in [6, 6.07) is 9.98. The van der Waals surface area contributed by atoms with Gasteiger partial charge in [-0.25, -0.2) is 4.39 Å². The quantitative estimate of drug-likeness (QED) is 0.685. The fourth-order valence-electron chi connectivity index (χ4n) is 4.29. The van der Waals surface area contributed by atoms with Gasteiger partial charge in [0.25, 0.3) is 0 Å². The lowest BCUT2D eigenvalue weighted by Crippen LogP contribution is -2.36. The van der Waals surface area contributed by atoms with Crippen LogP contribution in [0, 0.1) is 12.7 Å². The number of fused-ring (bicyclic) bond motifs is 2. The number of hydrogen-bond donors (Lipinski definition) is 2. The number of benzene rings is 2. The summed E-state index contributed by atoms with van der Waals surface area (Å²) < 4.78 is 13.8. The average molecular weight is 411 g/mol. The predicted octanol–water partition coefficient (Wildman–Crippen LogP) is 3.43. The normalized spacial score (nSPS) is 18.3. The molecule has 2 aromatic carbocycles. The molecule has 158 valence electrons. The van der Waals surface area contributed by atoms with Crippen LogP contribution in [-0.2, 0) is 26.5 Å². The molecule has 1 unspecified atom stereocenters. The number of halogens is 1. The molecular weight excluding hydrogens is 385 g/mol. The molecule has 30 heavy (non-hydrogen) atoms. The summed E-state index contributed by atoms with van der Waals surface area (Å²) in [5, 5.41) is 7.03. The van der Waals surface area contributed by atoms with Gasteiger partial charge in [-0.15, -0.1) is 0 Å². The third kappa shape index (κ3) is 3.70. The third-order valence-corrected chi connectivity index (χ3v) is 6.11. The minimum absolute atomic E-state index is 0.117. The molecule has 6 nitrogen and oxygen atoms in total. The maximum Gasteiger partial charge on any atom is 0.243 e. The van der Waals surface area contributed by atoms with E-state index in [1.807, 2.05) is 31.2 Å². The van der Waals surface area contributed by atoms with Crippen LogP contribution in [0.25, 0.3) is 0 Å². The third-order valence-electron chi connectivity index (χ3n) is 6.11. The standard InChI is InChI=1S/C23H26FN3O3/c1-14-5-4-6-16(21(27-29-3)22(28)25-2)18(14)13-30-26-20-12-23(9-10-23)19-8-7-15(24)11-17(19)20/h4-8,11,21,27H,9-10,12-13H2,1-3H3,(H,25,28)/b26-20+. The van der Waals surface area contributed by atoms with Gasteiger partial charge >= 0.3 is 0 Å². The SMILES string of the molecule is CNC(=O)C(NOC)c1cccc(C)c1CO/N=C1\CC2(CC2)c2ccc(F)cc21. The molecule has 1 amide bonds. The number of hydroxylamine groups is 1. The summed E-state index contributed by atoms with van der Waals surface area (Å²) in [6.45, 7) is 2.16. The number of nitrogens with zero attached hydrogens (tertiary/aromatic N) is 1. The van der Waals surface area contributed by atoms with Crippen LogP contribution < -0.4 is 10.8 Å². The van der Waals surface area contributed by atoms with E-state index in [-0.39, 0.29) is 23.7 Å². The van der Waals surface area contributed by atoms with Gasteiger partial charge < -0.3 is 15.0 Å². The first kappa shape index (κ1) is 20.5. The molecule has 2 aromatic rings. The van der Waals surface area contributed by atoms with E-state index in [9.17, 15) is 9.18 Å². The van der Waals surface area contributed by atoms with Crippen molar-refractivity contribution in [3.05, 3.63) is 70.0 Å². The first-order valence-electron chi connectivity index (χ1n) is 10.1. The number of rotatable bonds is 7. The van der Waals surface area contributed by atoms with Crippen molar-refractivity contribution < 1.29 is 18.9 Å². The molecule has 7 heteroatoms. The molecule has 0 saturated heterocycles. The lowest BCUT2D eigenvalue weighted by molar-refractivity contribution is -0.126. The second-order valence-corrected chi connectivity index (χ2v) is 7.97. The highest BCUT2D eigenvalue weighted by Gasteiger charge is 2.51. The zero-order valence-corrected chi connectivity index (χ0v) is 17.4. The summed E-state index contributed by atoms with van der Waals surface area (Å²) in [6.07, 6.45) is 2.98. The molecular formula is C23H26FN3O3. The molecule has 1 spiro atoms. The molecule has 0 bridgehead atoms. The van der Waals surface area contributed by atoms with E-state index < -0.39 is 6.04 Å². The van der Waals surface area contributed by atoms with E-state index in [4.69, 9.17) is 9.68 Å². The van der Waals surface area contributed by atoms with Crippen molar-refractivity contribution in [2.75, 3.05) is 14.2 Å². The topological polar surface area (TPSA) is 72.0 Å². The molecule has 1 fully saturated rings. The Balaban J connectivity index is 1.58. The van der Waals surface area contributed by atoms with Crippen molar-refractivity contribution in [3.63, 3.8) is 0 Å². The molecule has 1 atom stereocenters. The summed E-state index contributed by atoms with van der Waals surface area (Å²) in [5.41, 5.74) is 8.27. The number of amides is 1. The summed E-state index contributed by atoms with van der Waals surface area (Å²) in [7, 11) is 3.05. The highest BCUT2D eigenvalue weighted by atomic mass is 19.1. The van der Waals surface area contributed by atoms with Gasteiger partial charge in [0.1, 0.15) is 18.5 Å². The van der Waals surface area contributed by atoms with E-state index in [1.54, 1.807) is 13.1 Å². The highest BCUT2D eigenvalue weighted by Crippen LogP contribution is 2.56. The number of oxime groups is 1. The van der Waals surface area contributed by atoms with Crippen LogP contribution >= 0.6 is 0 Å². The van der Waals surface area contributed by atoms with Crippen LogP contribution in [-0.4, -0.2) is 25.8 Å². The van der Waals surface area contributed by atoms with Crippen molar-refractivity contribution in [1.29, 1.82) is 0 Å². The van der Waals surface area contributed by atoms with Crippen LogP contribution in [0.3, 0.4) is 0 Å². The van der Waals surface area contributed by atoms with Crippen LogP contribution in [0.5, 0.6) is 0 Å². The number of hydrogen-bond acceptors (Lipinski definition) is 5. The lowest BCUT2D eigenvalue weighted by atomic mass is 9.96. The Labute approximate surface area is 175 Å². The Morgan fingerprint density at radius 3 is 2.80 bits per heavy atom. The Kier molecular flexibility index (Phi) is 5.58. The van der Waals surface area contributed by atoms with Gasteiger partial charge in [-0.2, -0.15) is 5.48 Å². The maximum atomic E-state index is 13.8. The lowest BCUT2D eigenvalue weighted by Gasteiger charge is -2.20. The first-order chi connectivity index (χ1) is 14.5. The number of likely N-dealkylation sites (N-methyl/N-ethyl adjacent to an activating group) is 1. The summed E-state index contributed by atoms with van der Waals surface area (Å²) >= 11 is 0. The van der Waals surface area contributed by atoms with Gasteiger partial charge in [0, 0.05) is 30.0 Å². The van der Waals surface area contributed by atoms with E-state index in [2.05, 4.69) is 16.0 Å². The predicted molar refractivity (Wildman–Crippen MR) is 111 cm³/mol. The fraction of sp³-hybridized carbons (Fsp3) is 0.391. The second kappa shape index (κ2) is 8.16.